The van der Waals surface area contributed by atoms with Gasteiger partial charge < -0.3 is 14.8 Å². The zero-order valence-electron chi connectivity index (χ0n) is 13.6. The van der Waals surface area contributed by atoms with E-state index in [1.54, 1.807) is 24.1 Å². The van der Waals surface area contributed by atoms with Crippen molar-refractivity contribution < 1.29 is 14.3 Å². The first-order chi connectivity index (χ1) is 11.0. The quantitative estimate of drug-likeness (QED) is 0.936. The van der Waals surface area contributed by atoms with E-state index in [-0.39, 0.29) is 11.3 Å². The van der Waals surface area contributed by atoms with E-state index in [0.717, 1.165) is 17.1 Å². The molecule has 3 rings (SSSR count). The van der Waals surface area contributed by atoms with Crippen LogP contribution in [0.1, 0.15) is 29.8 Å². The smallest absolute Gasteiger partial charge is 0.254 e. The van der Waals surface area contributed by atoms with Crippen molar-refractivity contribution in [2.24, 2.45) is 7.05 Å². The van der Waals surface area contributed by atoms with Gasteiger partial charge in [0.1, 0.15) is 13.2 Å². The van der Waals surface area contributed by atoms with Crippen LogP contribution in [0.15, 0.2) is 30.6 Å². The Bertz CT molecular complexity index is 722. The average Bonchev–Trinajstić information content (AvgIpc) is 2.99. The summed E-state index contributed by atoms with van der Waals surface area (Å²) in [6.07, 6.45) is 3.26. The van der Waals surface area contributed by atoms with Gasteiger partial charge in [-0.2, -0.15) is 5.10 Å². The Hall–Kier alpha value is -2.50. The molecule has 23 heavy (non-hydrogen) atoms. The van der Waals surface area contributed by atoms with Crippen molar-refractivity contribution in [2.75, 3.05) is 19.8 Å². The minimum atomic E-state index is -0.228. The van der Waals surface area contributed by atoms with Gasteiger partial charge in [-0.3, -0.25) is 9.48 Å². The second kappa shape index (κ2) is 5.95. The lowest BCUT2D eigenvalue weighted by molar-refractivity contribution is 0.0945. The summed E-state index contributed by atoms with van der Waals surface area (Å²) in [4.78, 5) is 12.2. The minimum Gasteiger partial charge on any atom is -0.486 e. The highest BCUT2D eigenvalue weighted by atomic mass is 16.6. The number of benzene rings is 1. The Morgan fingerprint density at radius 2 is 2.04 bits per heavy atom. The van der Waals surface area contributed by atoms with Crippen molar-refractivity contribution in [1.82, 2.24) is 15.1 Å². The molecule has 1 N–H and O–H groups in total. The number of aryl methyl sites for hydroxylation is 1. The zero-order chi connectivity index (χ0) is 16.4. The van der Waals surface area contributed by atoms with Gasteiger partial charge in [0.05, 0.1) is 11.8 Å². The van der Waals surface area contributed by atoms with Crippen LogP contribution in [0.2, 0.25) is 0 Å². The molecule has 1 aromatic heterocycles. The summed E-state index contributed by atoms with van der Waals surface area (Å²) in [5, 5.41) is 6.98. The number of hydrogen-bond acceptors (Lipinski definition) is 4. The maximum Gasteiger partial charge on any atom is 0.254 e. The molecule has 122 valence electrons. The fourth-order valence-corrected chi connectivity index (χ4v) is 2.51. The van der Waals surface area contributed by atoms with Gasteiger partial charge >= 0.3 is 0 Å². The number of fused-ring (bicyclic) bond motifs is 1. The second-order valence-corrected chi connectivity index (χ2v) is 6.33. The molecule has 1 amide bonds. The van der Waals surface area contributed by atoms with Crippen LogP contribution >= 0.6 is 0 Å². The summed E-state index contributed by atoms with van der Waals surface area (Å²) in [6.45, 7) is 5.83. The number of nitrogens with zero attached hydrogens (tertiary/aromatic N) is 2. The molecule has 0 unspecified atom stereocenters. The van der Waals surface area contributed by atoms with Gasteiger partial charge in [0.15, 0.2) is 11.5 Å². The highest BCUT2D eigenvalue weighted by molar-refractivity contribution is 5.93. The maximum absolute atomic E-state index is 12.2. The Morgan fingerprint density at radius 1 is 1.30 bits per heavy atom. The fraction of sp³-hybridized carbons (Fsp3) is 0.412. The lowest BCUT2D eigenvalue weighted by Crippen LogP contribution is -2.36. The molecule has 0 saturated heterocycles. The lowest BCUT2D eigenvalue weighted by Gasteiger charge is -2.27. The van der Waals surface area contributed by atoms with Crippen molar-refractivity contribution in [1.29, 1.82) is 0 Å². The molecule has 2 aromatic rings. The third-order valence-electron chi connectivity index (χ3n) is 3.98. The summed E-state index contributed by atoms with van der Waals surface area (Å²) >= 11 is 0. The predicted molar refractivity (Wildman–Crippen MR) is 86.0 cm³/mol. The van der Waals surface area contributed by atoms with Crippen LogP contribution in [-0.4, -0.2) is 35.4 Å². The molecule has 2 heterocycles. The van der Waals surface area contributed by atoms with Crippen LogP contribution in [0.5, 0.6) is 11.5 Å². The molecule has 0 bridgehead atoms. The van der Waals surface area contributed by atoms with Crippen LogP contribution < -0.4 is 14.8 Å². The summed E-state index contributed by atoms with van der Waals surface area (Å²) in [7, 11) is 1.79. The van der Waals surface area contributed by atoms with Crippen LogP contribution in [0.3, 0.4) is 0 Å². The molecule has 0 radical (unpaired) electrons. The van der Waals surface area contributed by atoms with E-state index >= 15 is 0 Å². The van der Waals surface area contributed by atoms with Gasteiger partial charge in [-0.05, 0) is 17.7 Å². The van der Waals surface area contributed by atoms with Gasteiger partial charge in [0, 0.05) is 25.2 Å². The third-order valence-corrected chi connectivity index (χ3v) is 3.98. The second-order valence-electron chi connectivity index (χ2n) is 6.33. The topological polar surface area (TPSA) is 65.4 Å². The molecule has 0 atom stereocenters. The molecule has 6 heteroatoms. The van der Waals surface area contributed by atoms with Gasteiger partial charge in [-0.25, -0.2) is 0 Å². The molecular weight excluding hydrogens is 294 g/mol. The van der Waals surface area contributed by atoms with E-state index in [2.05, 4.69) is 24.3 Å². The zero-order valence-corrected chi connectivity index (χ0v) is 13.6. The number of nitrogens with one attached hydrogen (secondary N) is 1. The molecule has 6 nitrogen and oxygen atoms in total. The van der Waals surface area contributed by atoms with Crippen molar-refractivity contribution in [3.8, 4) is 11.5 Å². The van der Waals surface area contributed by atoms with Crippen LogP contribution in [0.4, 0.5) is 0 Å². The van der Waals surface area contributed by atoms with Gasteiger partial charge in [0.2, 0.25) is 0 Å². The lowest BCUT2D eigenvalue weighted by atomic mass is 9.84. The summed E-state index contributed by atoms with van der Waals surface area (Å²) in [5.41, 5.74) is 1.42. The number of ether oxygens (including phenoxy) is 2. The van der Waals surface area contributed by atoms with Crippen molar-refractivity contribution in [3.63, 3.8) is 0 Å². The van der Waals surface area contributed by atoms with E-state index in [4.69, 9.17) is 9.47 Å². The number of amides is 1. The first kappa shape index (κ1) is 15.4. The fourth-order valence-electron chi connectivity index (χ4n) is 2.51. The number of carbonyl (C=O) groups is 1. The van der Waals surface area contributed by atoms with Crippen molar-refractivity contribution in [3.05, 3.63) is 41.7 Å². The summed E-state index contributed by atoms with van der Waals surface area (Å²) in [5.74, 6) is 1.42. The first-order valence-electron chi connectivity index (χ1n) is 7.63. The standard InChI is InChI=1S/C17H21N3O3/c1-17(2,11-18-16(21)12-9-19-20(3)10-12)13-4-5-14-15(8-13)23-7-6-22-14/h4-5,8-10H,6-7,11H2,1-3H3,(H,18,21). The first-order valence-corrected chi connectivity index (χ1v) is 7.63. The highest BCUT2D eigenvalue weighted by Gasteiger charge is 2.24. The monoisotopic (exact) mass is 315 g/mol. The van der Waals surface area contributed by atoms with Crippen LogP contribution in [0.25, 0.3) is 0 Å². The van der Waals surface area contributed by atoms with E-state index in [1.165, 1.54) is 0 Å². The number of aromatic nitrogens is 2. The Balaban J connectivity index is 1.70. The molecule has 0 fully saturated rings. The van der Waals surface area contributed by atoms with E-state index in [9.17, 15) is 4.79 Å². The molecule has 0 saturated carbocycles. The van der Waals surface area contributed by atoms with Crippen molar-refractivity contribution in [2.45, 2.75) is 19.3 Å². The molecule has 0 aliphatic carbocycles. The normalized spacial score (nSPS) is 13.7. The Kier molecular flexibility index (Phi) is 3.98. The highest BCUT2D eigenvalue weighted by Crippen LogP contribution is 2.34. The maximum atomic E-state index is 12.2. The van der Waals surface area contributed by atoms with Gasteiger partial charge in [-0.15, -0.1) is 0 Å². The summed E-state index contributed by atoms with van der Waals surface area (Å²) in [6, 6.07) is 5.93. The van der Waals surface area contributed by atoms with E-state index in [1.807, 2.05) is 18.2 Å². The third kappa shape index (κ3) is 3.31. The molecule has 0 spiro atoms. The predicted octanol–water partition coefficient (Wildman–Crippen LogP) is 1.90. The number of hydrogen-bond donors (Lipinski definition) is 1. The Labute approximate surface area is 135 Å². The van der Waals surface area contributed by atoms with Crippen LogP contribution in [-0.2, 0) is 12.5 Å². The van der Waals surface area contributed by atoms with E-state index in [0.29, 0.717) is 25.3 Å². The average molecular weight is 315 g/mol. The molecule has 1 aromatic carbocycles. The van der Waals surface area contributed by atoms with Crippen LogP contribution in [0, 0.1) is 0 Å². The summed E-state index contributed by atoms with van der Waals surface area (Å²) < 4.78 is 12.8. The van der Waals surface area contributed by atoms with Gasteiger partial charge in [0.25, 0.3) is 5.91 Å². The van der Waals surface area contributed by atoms with E-state index < -0.39 is 0 Å². The van der Waals surface area contributed by atoms with Crippen molar-refractivity contribution >= 4 is 5.91 Å². The molecule has 1 aliphatic rings. The largest absolute Gasteiger partial charge is 0.486 e. The number of carbonyl (C=O) groups excluding carboxylic acids is 1. The van der Waals surface area contributed by atoms with Gasteiger partial charge in [-0.1, -0.05) is 19.9 Å². The number of rotatable bonds is 4. The molecular formula is C17H21N3O3. The molecule has 1 aliphatic heterocycles. The SMILES string of the molecule is Cn1cc(C(=O)NCC(C)(C)c2ccc3c(c2)OCCO3)cn1. The minimum absolute atomic E-state index is 0.122. The Morgan fingerprint density at radius 3 is 2.74 bits per heavy atom.